The van der Waals surface area contributed by atoms with Crippen molar-refractivity contribution in [2.45, 2.75) is 24.7 Å². The SMILES string of the molecule is O=C(O)CC(O)CCSCc1ccc([N+](=O)[O-])cc1. The van der Waals surface area contributed by atoms with Crippen molar-refractivity contribution in [2.24, 2.45) is 0 Å². The molecule has 0 heterocycles. The molecule has 1 atom stereocenters. The van der Waals surface area contributed by atoms with Crippen molar-refractivity contribution in [1.29, 1.82) is 0 Å². The van der Waals surface area contributed by atoms with Gasteiger partial charge in [-0.15, -0.1) is 0 Å². The number of hydrogen-bond donors (Lipinski definition) is 2. The maximum atomic E-state index is 10.5. The number of rotatable bonds is 8. The van der Waals surface area contributed by atoms with Crippen LogP contribution in [0.3, 0.4) is 0 Å². The highest BCUT2D eigenvalue weighted by atomic mass is 32.2. The third kappa shape index (κ3) is 6.21. The summed E-state index contributed by atoms with van der Waals surface area (Å²) in [5, 5.41) is 28.3. The maximum Gasteiger partial charge on any atom is 0.305 e. The summed E-state index contributed by atoms with van der Waals surface area (Å²) < 4.78 is 0. The second-order valence-corrected chi connectivity index (χ2v) is 5.12. The molecule has 0 bridgehead atoms. The van der Waals surface area contributed by atoms with E-state index >= 15 is 0 Å². The third-order valence-corrected chi connectivity index (χ3v) is 3.48. The fourth-order valence-electron chi connectivity index (χ4n) is 1.43. The molecule has 0 aliphatic heterocycles. The minimum atomic E-state index is -1.01. The first-order chi connectivity index (χ1) is 8.99. The first-order valence-corrected chi connectivity index (χ1v) is 6.85. The van der Waals surface area contributed by atoms with Gasteiger partial charge in [0.25, 0.3) is 5.69 Å². The van der Waals surface area contributed by atoms with Crippen molar-refractivity contribution in [2.75, 3.05) is 5.75 Å². The molecule has 0 fully saturated rings. The largest absolute Gasteiger partial charge is 0.481 e. The molecule has 104 valence electrons. The number of nitro benzene ring substituents is 1. The highest BCUT2D eigenvalue weighted by molar-refractivity contribution is 7.98. The summed E-state index contributed by atoms with van der Waals surface area (Å²) in [7, 11) is 0. The number of aliphatic hydroxyl groups excluding tert-OH is 1. The van der Waals surface area contributed by atoms with E-state index in [4.69, 9.17) is 5.11 Å². The molecule has 7 heteroatoms. The number of carboxylic acids is 1. The molecule has 6 nitrogen and oxygen atoms in total. The van der Waals surface area contributed by atoms with Crippen LogP contribution < -0.4 is 0 Å². The molecule has 0 radical (unpaired) electrons. The molecule has 0 saturated heterocycles. The molecule has 1 aromatic carbocycles. The summed E-state index contributed by atoms with van der Waals surface area (Å²) in [4.78, 5) is 20.3. The lowest BCUT2D eigenvalue weighted by molar-refractivity contribution is -0.384. The number of non-ortho nitro benzene ring substituents is 1. The van der Waals surface area contributed by atoms with Crippen LogP contribution in [0.5, 0.6) is 0 Å². The van der Waals surface area contributed by atoms with Crippen LogP contribution in [0.4, 0.5) is 5.69 Å². The fraction of sp³-hybridized carbons (Fsp3) is 0.417. The second kappa shape index (κ2) is 7.75. The summed E-state index contributed by atoms with van der Waals surface area (Å²) in [6.07, 6.45) is -0.635. The smallest absolute Gasteiger partial charge is 0.305 e. The summed E-state index contributed by atoms with van der Waals surface area (Å²) >= 11 is 1.55. The van der Waals surface area contributed by atoms with E-state index in [9.17, 15) is 20.0 Å². The van der Waals surface area contributed by atoms with E-state index in [0.29, 0.717) is 17.9 Å². The van der Waals surface area contributed by atoms with Gasteiger partial charge in [-0.2, -0.15) is 11.8 Å². The number of carbonyl (C=O) groups is 1. The highest BCUT2D eigenvalue weighted by Crippen LogP contribution is 2.18. The number of aliphatic carboxylic acids is 1. The van der Waals surface area contributed by atoms with E-state index < -0.39 is 17.0 Å². The molecule has 0 aromatic heterocycles. The van der Waals surface area contributed by atoms with Gasteiger partial charge in [-0.1, -0.05) is 12.1 Å². The van der Waals surface area contributed by atoms with Crippen molar-refractivity contribution in [1.82, 2.24) is 0 Å². The number of hydrogen-bond acceptors (Lipinski definition) is 5. The predicted molar refractivity (Wildman–Crippen MR) is 72.1 cm³/mol. The summed E-state index contributed by atoms with van der Waals surface area (Å²) in [6, 6.07) is 6.29. The standard InChI is InChI=1S/C12H15NO5S/c14-11(7-12(15)16)5-6-19-8-9-1-3-10(4-2-9)13(17)18/h1-4,11,14H,5-8H2,(H,15,16). The van der Waals surface area contributed by atoms with Crippen LogP contribution in [-0.2, 0) is 10.5 Å². The number of nitro groups is 1. The second-order valence-electron chi connectivity index (χ2n) is 4.02. The minimum Gasteiger partial charge on any atom is -0.481 e. The zero-order chi connectivity index (χ0) is 14.3. The van der Waals surface area contributed by atoms with Gasteiger partial charge in [-0.25, -0.2) is 0 Å². The van der Waals surface area contributed by atoms with Gasteiger partial charge in [0.05, 0.1) is 17.4 Å². The van der Waals surface area contributed by atoms with Gasteiger partial charge in [0.15, 0.2) is 0 Å². The topological polar surface area (TPSA) is 101 Å². The van der Waals surface area contributed by atoms with Gasteiger partial charge in [-0.3, -0.25) is 14.9 Å². The zero-order valence-corrected chi connectivity index (χ0v) is 11.0. The van der Waals surface area contributed by atoms with E-state index in [1.807, 2.05) is 0 Å². The van der Waals surface area contributed by atoms with Crippen molar-refractivity contribution in [3.05, 3.63) is 39.9 Å². The highest BCUT2D eigenvalue weighted by Gasteiger charge is 2.09. The Kier molecular flexibility index (Phi) is 6.31. The Morgan fingerprint density at radius 1 is 1.37 bits per heavy atom. The minimum absolute atomic E-state index is 0.0608. The van der Waals surface area contributed by atoms with Crippen molar-refractivity contribution >= 4 is 23.4 Å². The number of carboxylic acid groups (broad SMARTS) is 1. The molecule has 0 spiro atoms. The lowest BCUT2D eigenvalue weighted by atomic mass is 10.2. The van der Waals surface area contributed by atoms with Crippen molar-refractivity contribution in [3.63, 3.8) is 0 Å². The monoisotopic (exact) mass is 285 g/mol. The molecule has 1 rings (SSSR count). The van der Waals surface area contributed by atoms with Gasteiger partial charge in [0, 0.05) is 17.9 Å². The number of thioether (sulfide) groups is 1. The molecule has 2 N–H and O–H groups in total. The summed E-state index contributed by atoms with van der Waals surface area (Å²) in [5.74, 6) is 0.316. The lowest BCUT2D eigenvalue weighted by Crippen LogP contribution is -2.13. The van der Waals surface area contributed by atoms with Crippen molar-refractivity contribution in [3.8, 4) is 0 Å². The fourth-order valence-corrected chi connectivity index (χ4v) is 2.44. The Bertz CT molecular complexity index is 434. The summed E-state index contributed by atoms with van der Waals surface area (Å²) in [6.45, 7) is 0. The van der Waals surface area contributed by atoms with Crippen LogP contribution in [0, 0.1) is 10.1 Å². The first kappa shape index (κ1) is 15.5. The Morgan fingerprint density at radius 2 is 2.00 bits per heavy atom. The van der Waals surface area contributed by atoms with E-state index in [2.05, 4.69) is 0 Å². The summed E-state index contributed by atoms with van der Waals surface area (Å²) in [5.41, 5.74) is 1.02. The van der Waals surface area contributed by atoms with Crippen LogP contribution in [0.2, 0.25) is 0 Å². The van der Waals surface area contributed by atoms with Gasteiger partial charge in [0.2, 0.25) is 0 Å². The predicted octanol–water partition coefficient (Wildman–Crippen LogP) is 2.05. The van der Waals surface area contributed by atoms with E-state index in [1.165, 1.54) is 12.1 Å². The maximum absolute atomic E-state index is 10.5. The molecule has 1 aromatic rings. The Morgan fingerprint density at radius 3 is 2.53 bits per heavy atom. The molecular weight excluding hydrogens is 270 g/mol. The van der Waals surface area contributed by atoms with Gasteiger partial charge in [0.1, 0.15) is 0 Å². The Labute approximate surface area is 114 Å². The molecule has 0 aliphatic carbocycles. The van der Waals surface area contributed by atoms with E-state index in [0.717, 1.165) is 5.56 Å². The molecule has 0 aliphatic rings. The Hall–Kier alpha value is -1.60. The van der Waals surface area contributed by atoms with Crippen LogP contribution in [-0.4, -0.2) is 33.0 Å². The molecule has 19 heavy (non-hydrogen) atoms. The number of aliphatic hydroxyl groups is 1. The molecule has 1 unspecified atom stereocenters. The molecular formula is C12H15NO5S. The van der Waals surface area contributed by atoms with E-state index in [-0.39, 0.29) is 12.1 Å². The van der Waals surface area contributed by atoms with E-state index in [1.54, 1.807) is 23.9 Å². The van der Waals surface area contributed by atoms with Crippen molar-refractivity contribution < 1.29 is 19.9 Å². The first-order valence-electron chi connectivity index (χ1n) is 5.70. The average Bonchev–Trinajstić information content (AvgIpc) is 2.34. The van der Waals surface area contributed by atoms with Gasteiger partial charge >= 0.3 is 5.97 Å². The van der Waals surface area contributed by atoms with Crippen LogP contribution in [0.15, 0.2) is 24.3 Å². The Balaban J connectivity index is 2.26. The van der Waals surface area contributed by atoms with Crippen LogP contribution in [0.1, 0.15) is 18.4 Å². The van der Waals surface area contributed by atoms with Gasteiger partial charge < -0.3 is 10.2 Å². The molecule has 0 saturated carbocycles. The quantitative estimate of drug-likeness (QED) is 0.430. The average molecular weight is 285 g/mol. The van der Waals surface area contributed by atoms with Gasteiger partial charge in [-0.05, 0) is 17.7 Å². The van der Waals surface area contributed by atoms with Crippen LogP contribution >= 0.6 is 11.8 Å². The lowest BCUT2D eigenvalue weighted by Gasteiger charge is -2.07. The van der Waals surface area contributed by atoms with Crippen LogP contribution in [0.25, 0.3) is 0 Å². The normalized spacial score (nSPS) is 12.1. The number of benzene rings is 1. The third-order valence-electron chi connectivity index (χ3n) is 2.42. The number of nitrogens with zero attached hydrogens (tertiary/aromatic N) is 1. The molecule has 0 amide bonds. The zero-order valence-electron chi connectivity index (χ0n) is 10.2.